The lowest BCUT2D eigenvalue weighted by Crippen LogP contribution is -2.23. The molecule has 0 aromatic heterocycles. The van der Waals surface area contributed by atoms with Gasteiger partial charge in [-0.05, 0) is 51.6 Å². The van der Waals surface area contributed by atoms with Crippen molar-refractivity contribution in [1.82, 2.24) is 4.90 Å². The van der Waals surface area contributed by atoms with Crippen molar-refractivity contribution < 1.29 is 9.84 Å². The van der Waals surface area contributed by atoms with E-state index in [-0.39, 0.29) is 0 Å². The second-order valence-electron chi connectivity index (χ2n) is 4.40. The van der Waals surface area contributed by atoms with Crippen LogP contribution >= 0.6 is 0 Å². The second kappa shape index (κ2) is 8.08. The van der Waals surface area contributed by atoms with E-state index in [2.05, 4.69) is 11.8 Å². The average Bonchev–Trinajstić information content (AvgIpc) is 2.69. The van der Waals surface area contributed by atoms with Gasteiger partial charge in [0.15, 0.2) is 0 Å². The van der Waals surface area contributed by atoms with E-state index in [4.69, 9.17) is 9.84 Å². The maximum atomic E-state index is 8.67. The van der Waals surface area contributed by atoms with E-state index in [1.807, 2.05) is 0 Å². The molecule has 3 heteroatoms. The number of hydrogen-bond acceptors (Lipinski definition) is 3. The zero-order chi connectivity index (χ0) is 10.9. The number of ether oxygens (including phenoxy) is 1. The molecule has 0 aromatic carbocycles. The molecule has 1 unspecified atom stereocenters. The minimum Gasteiger partial charge on any atom is -0.396 e. The van der Waals surface area contributed by atoms with Crippen molar-refractivity contribution in [1.29, 1.82) is 0 Å². The van der Waals surface area contributed by atoms with Gasteiger partial charge in [-0.3, -0.25) is 0 Å². The number of nitrogens with zero attached hydrogens (tertiary/aromatic N) is 1. The third kappa shape index (κ3) is 5.50. The number of unbranched alkanes of at least 4 members (excludes halogenated alkanes) is 2. The molecule has 90 valence electrons. The van der Waals surface area contributed by atoms with E-state index in [1.54, 1.807) is 0 Å². The van der Waals surface area contributed by atoms with Crippen molar-refractivity contribution in [2.24, 2.45) is 5.92 Å². The van der Waals surface area contributed by atoms with Crippen LogP contribution < -0.4 is 0 Å². The van der Waals surface area contributed by atoms with E-state index in [9.17, 15) is 0 Å². The first-order valence-electron chi connectivity index (χ1n) is 6.27. The van der Waals surface area contributed by atoms with Crippen LogP contribution in [-0.4, -0.2) is 49.5 Å². The molecule has 0 bridgehead atoms. The first-order chi connectivity index (χ1) is 7.36. The van der Waals surface area contributed by atoms with Crippen LogP contribution in [-0.2, 0) is 4.74 Å². The second-order valence-corrected chi connectivity index (χ2v) is 4.40. The van der Waals surface area contributed by atoms with Gasteiger partial charge in [-0.2, -0.15) is 0 Å². The molecule has 0 aromatic rings. The molecule has 0 spiro atoms. The van der Waals surface area contributed by atoms with Gasteiger partial charge < -0.3 is 14.7 Å². The first kappa shape index (κ1) is 12.9. The molecule has 3 nitrogen and oxygen atoms in total. The highest BCUT2D eigenvalue weighted by atomic mass is 16.5. The molecule has 0 saturated carbocycles. The molecule has 1 atom stereocenters. The van der Waals surface area contributed by atoms with Crippen LogP contribution in [0.4, 0.5) is 0 Å². The third-order valence-electron chi connectivity index (χ3n) is 3.06. The van der Waals surface area contributed by atoms with E-state index in [0.29, 0.717) is 6.61 Å². The summed E-state index contributed by atoms with van der Waals surface area (Å²) < 4.78 is 5.45. The SMILES string of the molecule is CCOCC1CCN(CCCCCO)C1. The molecule has 1 aliphatic rings. The Labute approximate surface area is 93.4 Å². The Morgan fingerprint density at radius 1 is 1.33 bits per heavy atom. The Balaban J connectivity index is 1.98. The van der Waals surface area contributed by atoms with Crippen LogP contribution in [0.3, 0.4) is 0 Å². The molecule has 1 heterocycles. The van der Waals surface area contributed by atoms with Crippen LogP contribution in [0, 0.1) is 5.92 Å². The molecule has 0 aliphatic carbocycles. The Morgan fingerprint density at radius 3 is 2.93 bits per heavy atom. The van der Waals surface area contributed by atoms with Crippen molar-refractivity contribution in [2.45, 2.75) is 32.6 Å². The normalized spacial score (nSPS) is 22.4. The van der Waals surface area contributed by atoms with Crippen molar-refractivity contribution in [3.63, 3.8) is 0 Å². The fourth-order valence-electron chi connectivity index (χ4n) is 2.16. The first-order valence-corrected chi connectivity index (χ1v) is 6.27. The summed E-state index contributed by atoms with van der Waals surface area (Å²) in [5.74, 6) is 0.753. The van der Waals surface area contributed by atoms with Crippen molar-refractivity contribution >= 4 is 0 Å². The highest BCUT2D eigenvalue weighted by Gasteiger charge is 2.21. The molecule has 1 saturated heterocycles. The summed E-state index contributed by atoms with van der Waals surface area (Å²) in [4.78, 5) is 2.53. The summed E-state index contributed by atoms with van der Waals surface area (Å²) in [5, 5.41) is 8.67. The van der Waals surface area contributed by atoms with Crippen LogP contribution in [0.15, 0.2) is 0 Å². The number of aliphatic hydroxyl groups is 1. The summed E-state index contributed by atoms with van der Waals surface area (Å²) in [5.41, 5.74) is 0. The maximum absolute atomic E-state index is 8.67. The number of hydrogen-bond donors (Lipinski definition) is 1. The van der Waals surface area contributed by atoms with E-state index < -0.39 is 0 Å². The van der Waals surface area contributed by atoms with Crippen LogP contribution in [0.2, 0.25) is 0 Å². The number of aliphatic hydroxyl groups excluding tert-OH is 1. The quantitative estimate of drug-likeness (QED) is 0.623. The van der Waals surface area contributed by atoms with Gasteiger partial charge in [0.2, 0.25) is 0 Å². The van der Waals surface area contributed by atoms with Crippen LogP contribution in [0.5, 0.6) is 0 Å². The highest BCUT2D eigenvalue weighted by Crippen LogP contribution is 2.16. The van der Waals surface area contributed by atoms with Gasteiger partial charge in [0.05, 0.1) is 6.61 Å². The molecular weight excluding hydrogens is 190 g/mol. The maximum Gasteiger partial charge on any atom is 0.0506 e. The smallest absolute Gasteiger partial charge is 0.0506 e. The largest absolute Gasteiger partial charge is 0.396 e. The Hall–Kier alpha value is -0.120. The standard InChI is InChI=1S/C12H25NO2/c1-2-15-11-12-6-8-13(10-12)7-4-3-5-9-14/h12,14H,2-11H2,1H3. The predicted octanol–water partition coefficient (Wildman–Crippen LogP) is 1.51. The molecule has 1 aliphatic heterocycles. The fourth-order valence-corrected chi connectivity index (χ4v) is 2.16. The summed E-state index contributed by atoms with van der Waals surface area (Å²) in [6.45, 7) is 7.81. The number of rotatable bonds is 8. The molecule has 0 amide bonds. The van der Waals surface area contributed by atoms with Crippen LogP contribution in [0.25, 0.3) is 0 Å². The molecule has 0 radical (unpaired) electrons. The van der Waals surface area contributed by atoms with E-state index in [0.717, 1.165) is 32.0 Å². The topological polar surface area (TPSA) is 32.7 Å². The lowest BCUT2D eigenvalue weighted by atomic mass is 10.1. The van der Waals surface area contributed by atoms with Crippen molar-refractivity contribution in [2.75, 3.05) is 39.5 Å². The molecule has 1 rings (SSSR count). The van der Waals surface area contributed by atoms with Crippen molar-refractivity contribution in [3.05, 3.63) is 0 Å². The van der Waals surface area contributed by atoms with Gasteiger partial charge in [-0.1, -0.05) is 0 Å². The molecule has 1 fully saturated rings. The van der Waals surface area contributed by atoms with Crippen LogP contribution in [0.1, 0.15) is 32.6 Å². The molecule has 15 heavy (non-hydrogen) atoms. The summed E-state index contributed by atoms with van der Waals surface area (Å²) >= 11 is 0. The van der Waals surface area contributed by atoms with Gasteiger partial charge in [-0.25, -0.2) is 0 Å². The zero-order valence-corrected chi connectivity index (χ0v) is 9.95. The lowest BCUT2D eigenvalue weighted by molar-refractivity contribution is 0.112. The predicted molar refractivity (Wildman–Crippen MR) is 62.0 cm³/mol. The monoisotopic (exact) mass is 215 g/mol. The minimum absolute atomic E-state index is 0.340. The number of likely N-dealkylation sites (tertiary alicyclic amines) is 1. The van der Waals surface area contributed by atoms with Gasteiger partial charge in [0.25, 0.3) is 0 Å². The van der Waals surface area contributed by atoms with E-state index in [1.165, 1.54) is 32.5 Å². The Morgan fingerprint density at radius 2 is 2.20 bits per heavy atom. The summed E-state index contributed by atoms with van der Waals surface area (Å²) in [6, 6.07) is 0. The minimum atomic E-state index is 0.340. The molecular formula is C12H25NO2. The van der Waals surface area contributed by atoms with Gasteiger partial charge in [0.1, 0.15) is 0 Å². The Bertz CT molecular complexity index is 153. The summed E-state index contributed by atoms with van der Waals surface area (Å²) in [7, 11) is 0. The van der Waals surface area contributed by atoms with Gasteiger partial charge in [0, 0.05) is 19.8 Å². The van der Waals surface area contributed by atoms with Gasteiger partial charge >= 0.3 is 0 Å². The fraction of sp³-hybridized carbons (Fsp3) is 1.00. The average molecular weight is 215 g/mol. The Kier molecular flexibility index (Phi) is 6.98. The zero-order valence-electron chi connectivity index (χ0n) is 9.95. The third-order valence-corrected chi connectivity index (χ3v) is 3.06. The van der Waals surface area contributed by atoms with Crippen molar-refractivity contribution in [3.8, 4) is 0 Å². The lowest BCUT2D eigenvalue weighted by Gasteiger charge is -2.15. The summed E-state index contributed by atoms with van der Waals surface area (Å²) in [6.07, 6.45) is 4.63. The van der Waals surface area contributed by atoms with E-state index >= 15 is 0 Å². The highest BCUT2D eigenvalue weighted by molar-refractivity contribution is 4.75. The van der Waals surface area contributed by atoms with Gasteiger partial charge in [-0.15, -0.1) is 0 Å². The molecule has 1 N–H and O–H groups in total.